The molecule has 0 aliphatic heterocycles. The van der Waals surface area contributed by atoms with Crippen LogP contribution < -0.4 is 5.73 Å². The van der Waals surface area contributed by atoms with Crippen molar-refractivity contribution in [2.75, 3.05) is 33.5 Å². The molecule has 0 aliphatic carbocycles. The Bertz CT molecular complexity index is 636. The van der Waals surface area contributed by atoms with Crippen LogP contribution in [0, 0.1) is 0 Å². The summed E-state index contributed by atoms with van der Waals surface area (Å²) in [5.74, 6) is -0.344. The van der Waals surface area contributed by atoms with Crippen LogP contribution in [-0.4, -0.2) is 50.3 Å². The van der Waals surface area contributed by atoms with Gasteiger partial charge in [-0.2, -0.15) is 0 Å². The molecule has 0 saturated carbocycles. The zero-order chi connectivity index (χ0) is 31.6. The van der Waals surface area contributed by atoms with Crippen LogP contribution in [0.15, 0.2) is 0 Å². The Balaban J connectivity index is 0. The summed E-state index contributed by atoms with van der Waals surface area (Å²) in [6, 6.07) is 0. The fourth-order valence-corrected chi connectivity index (χ4v) is 4.81. The zero-order valence-electron chi connectivity index (χ0n) is 27.4. The molecule has 0 rings (SSSR count). The van der Waals surface area contributed by atoms with E-state index >= 15 is 0 Å². The summed E-state index contributed by atoms with van der Waals surface area (Å²) in [5, 5.41) is 0. The van der Waals surface area contributed by atoms with Crippen LogP contribution >= 0.6 is 7.82 Å². The summed E-state index contributed by atoms with van der Waals surface area (Å²) < 4.78 is 29.1. The Morgan fingerprint density at radius 2 is 0.881 bits per heavy atom. The van der Waals surface area contributed by atoms with Gasteiger partial charge in [0, 0.05) is 26.5 Å². The van der Waals surface area contributed by atoms with Gasteiger partial charge in [-0.15, -0.1) is 0 Å². The van der Waals surface area contributed by atoms with Crippen LogP contribution in [0.1, 0.15) is 162 Å². The van der Waals surface area contributed by atoms with Crippen LogP contribution in [0.4, 0.5) is 0 Å². The minimum absolute atomic E-state index is 0.0294. The van der Waals surface area contributed by atoms with E-state index in [-0.39, 0.29) is 38.3 Å². The van der Waals surface area contributed by atoms with E-state index in [0.29, 0.717) is 12.8 Å². The minimum atomic E-state index is -3.77. The smallest absolute Gasteiger partial charge is 0.462 e. The van der Waals surface area contributed by atoms with Crippen molar-refractivity contribution in [3.8, 4) is 0 Å². The number of unbranched alkanes of at least 4 members (excludes halogenated alkanes) is 19. The minimum Gasteiger partial charge on any atom is -0.462 e. The van der Waals surface area contributed by atoms with Crippen molar-refractivity contribution in [3.63, 3.8) is 0 Å². The molecule has 0 saturated heterocycles. The second-order valence-corrected chi connectivity index (χ2v) is 12.5. The molecule has 1 unspecified atom stereocenters. The average Bonchev–Trinajstić information content (AvgIpc) is 2.98. The van der Waals surface area contributed by atoms with Gasteiger partial charge in [0.2, 0.25) is 0 Å². The fourth-order valence-electron chi connectivity index (χ4n) is 4.37. The molecule has 9 nitrogen and oxygen atoms in total. The third kappa shape index (κ3) is 37.0. The molecule has 252 valence electrons. The molecule has 0 aliphatic rings. The quantitative estimate of drug-likeness (QED) is 0.0457. The largest absolute Gasteiger partial charge is 0.471 e. The number of phosphoric acid groups is 1. The molecule has 0 fully saturated rings. The number of carbonyl (C=O) groups excluding carboxylic acids is 2. The molecule has 0 heterocycles. The normalized spacial score (nSPS) is 12.3. The Morgan fingerprint density at radius 3 is 1.17 bits per heavy atom. The first kappa shape index (κ1) is 43.1. The van der Waals surface area contributed by atoms with E-state index in [9.17, 15) is 14.2 Å². The lowest BCUT2D eigenvalue weighted by Crippen LogP contribution is -2.13. The lowest BCUT2D eigenvalue weighted by molar-refractivity contribution is -0.152. The molecular formula is C32H66NO8P. The summed E-state index contributed by atoms with van der Waals surface area (Å²) in [4.78, 5) is 32.0. The molecule has 3 N–H and O–H groups in total. The monoisotopic (exact) mass is 623 g/mol. The molecule has 0 radical (unpaired) electrons. The summed E-state index contributed by atoms with van der Waals surface area (Å²) >= 11 is 0. The van der Waals surface area contributed by atoms with Gasteiger partial charge in [0.1, 0.15) is 13.2 Å². The van der Waals surface area contributed by atoms with Gasteiger partial charge < -0.3 is 20.1 Å². The van der Waals surface area contributed by atoms with Gasteiger partial charge in [0.25, 0.3) is 0 Å². The number of hydrogen-bond donors (Lipinski definition) is 2. The highest BCUT2D eigenvalue weighted by atomic mass is 31.2. The first-order valence-corrected chi connectivity index (χ1v) is 18.4. The van der Waals surface area contributed by atoms with Crippen molar-refractivity contribution in [1.29, 1.82) is 0 Å². The van der Waals surface area contributed by atoms with E-state index < -0.39 is 7.82 Å². The van der Waals surface area contributed by atoms with Gasteiger partial charge in [0.05, 0.1) is 6.61 Å². The van der Waals surface area contributed by atoms with Crippen molar-refractivity contribution in [2.24, 2.45) is 5.73 Å². The molecule has 0 aromatic heterocycles. The lowest BCUT2D eigenvalue weighted by atomic mass is 10.0. The van der Waals surface area contributed by atoms with Gasteiger partial charge in [-0.05, 0) is 12.8 Å². The van der Waals surface area contributed by atoms with Crippen LogP contribution in [-0.2, 0) is 32.7 Å². The Kier molecular flexibility index (Phi) is 35.4. The Hall–Kier alpha value is -0.990. The maximum absolute atomic E-state index is 11.8. The molecule has 10 heteroatoms. The van der Waals surface area contributed by atoms with E-state index in [1.165, 1.54) is 109 Å². The predicted molar refractivity (Wildman–Crippen MR) is 171 cm³/mol. The van der Waals surface area contributed by atoms with Crippen LogP contribution in [0.3, 0.4) is 0 Å². The van der Waals surface area contributed by atoms with Crippen LogP contribution in [0.25, 0.3) is 0 Å². The highest BCUT2D eigenvalue weighted by Crippen LogP contribution is 2.41. The van der Waals surface area contributed by atoms with Crippen molar-refractivity contribution in [1.82, 2.24) is 0 Å². The standard InChI is InChI=1S/C29H56O4.C3H10NO4P/c1-3-5-7-9-11-12-13-14-15-16-17-19-21-23-25-29(31)33-27-26-32-28(30)24-22-20-18-10-8-6-4-2;1-7-9(5,6)8-3-2-4/h3-27H2,1-2H3;2-4H2,1H3,(H,5,6). The van der Waals surface area contributed by atoms with Crippen LogP contribution in [0.5, 0.6) is 0 Å². The molecule has 0 spiro atoms. The number of carbonyl (C=O) groups is 2. The number of rotatable bonds is 30. The first-order valence-electron chi connectivity index (χ1n) is 16.9. The summed E-state index contributed by atoms with van der Waals surface area (Å²) in [6.45, 7) is 5.08. The van der Waals surface area contributed by atoms with Gasteiger partial charge in [-0.25, -0.2) is 4.57 Å². The Morgan fingerprint density at radius 1 is 0.571 bits per heavy atom. The van der Waals surface area contributed by atoms with Crippen molar-refractivity contribution in [2.45, 2.75) is 162 Å². The average molecular weight is 624 g/mol. The highest BCUT2D eigenvalue weighted by Gasteiger charge is 2.16. The Labute approximate surface area is 258 Å². The van der Waals surface area contributed by atoms with E-state index in [2.05, 4.69) is 22.9 Å². The molecule has 0 aromatic rings. The number of phosphoric ester groups is 1. The van der Waals surface area contributed by atoms with Gasteiger partial charge in [-0.3, -0.25) is 18.6 Å². The third-order valence-corrected chi connectivity index (χ3v) is 7.90. The van der Waals surface area contributed by atoms with E-state index in [1.807, 2.05) is 0 Å². The van der Waals surface area contributed by atoms with Gasteiger partial charge in [-0.1, -0.05) is 136 Å². The SMILES string of the molecule is CCCCCCCCCCCCCCCCC(=O)OCCOC(=O)CCCCCCCCC.COP(=O)(O)OCCN. The molecule has 0 amide bonds. The van der Waals surface area contributed by atoms with Gasteiger partial charge in [0.15, 0.2) is 0 Å². The zero-order valence-corrected chi connectivity index (χ0v) is 28.3. The highest BCUT2D eigenvalue weighted by molar-refractivity contribution is 7.47. The topological polar surface area (TPSA) is 134 Å². The summed E-state index contributed by atoms with van der Waals surface area (Å²) in [5.41, 5.74) is 4.98. The number of ether oxygens (including phenoxy) is 2. The van der Waals surface area contributed by atoms with Crippen molar-refractivity contribution < 1.29 is 37.6 Å². The maximum atomic E-state index is 11.8. The van der Waals surface area contributed by atoms with Crippen LogP contribution in [0.2, 0.25) is 0 Å². The van der Waals surface area contributed by atoms with Gasteiger partial charge >= 0.3 is 19.8 Å². The molecule has 42 heavy (non-hydrogen) atoms. The van der Waals surface area contributed by atoms with Crippen molar-refractivity contribution >= 4 is 19.8 Å². The number of esters is 2. The number of hydrogen-bond acceptors (Lipinski definition) is 8. The number of nitrogens with two attached hydrogens (primary N) is 1. The lowest BCUT2D eigenvalue weighted by Gasteiger charge is -2.07. The molecule has 0 aromatic carbocycles. The summed E-state index contributed by atoms with van der Waals surface area (Å²) in [6.07, 6.45) is 27.6. The molecule has 1 atom stereocenters. The van der Waals surface area contributed by atoms with Crippen molar-refractivity contribution in [3.05, 3.63) is 0 Å². The van der Waals surface area contributed by atoms with E-state index in [0.717, 1.165) is 32.8 Å². The third-order valence-electron chi connectivity index (χ3n) is 6.93. The summed E-state index contributed by atoms with van der Waals surface area (Å²) in [7, 11) is -2.68. The maximum Gasteiger partial charge on any atom is 0.471 e. The first-order chi connectivity index (χ1) is 20.3. The second-order valence-electron chi connectivity index (χ2n) is 10.9. The molecule has 0 bridgehead atoms. The fraction of sp³-hybridized carbons (Fsp3) is 0.938. The van der Waals surface area contributed by atoms with E-state index in [1.54, 1.807) is 0 Å². The predicted octanol–water partition coefficient (Wildman–Crippen LogP) is 8.79. The second kappa shape index (κ2) is 34.5. The molecular weight excluding hydrogens is 557 g/mol. The van der Waals surface area contributed by atoms with E-state index in [4.69, 9.17) is 20.1 Å².